The minimum atomic E-state index is 0.535. The van der Waals surface area contributed by atoms with Gasteiger partial charge in [0.25, 0.3) is 0 Å². The normalized spacial score (nSPS) is 15.8. The molecule has 116 valence electrons. The van der Waals surface area contributed by atoms with E-state index >= 15 is 0 Å². The van der Waals surface area contributed by atoms with Crippen LogP contribution in [0.3, 0.4) is 0 Å². The predicted octanol–water partition coefficient (Wildman–Crippen LogP) is 2.75. The Morgan fingerprint density at radius 1 is 1.19 bits per heavy atom. The largest absolute Gasteiger partial charge is 0.379 e. The van der Waals surface area contributed by atoms with Gasteiger partial charge in [-0.15, -0.1) is 0 Å². The number of nitrogens with zero attached hydrogens (tertiary/aromatic N) is 4. The smallest absolute Gasteiger partial charge is 0.145 e. The van der Waals surface area contributed by atoms with Gasteiger partial charge >= 0.3 is 0 Å². The zero-order valence-electron chi connectivity index (χ0n) is 13.0. The maximum atomic E-state index is 6.13. The Morgan fingerprint density at radius 2 is 1.90 bits per heavy atom. The van der Waals surface area contributed by atoms with Crippen molar-refractivity contribution >= 4 is 22.6 Å². The van der Waals surface area contributed by atoms with Crippen molar-refractivity contribution in [3.63, 3.8) is 0 Å². The number of aromatic nitrogens is 3. The van der Waals surface area contributed by atoms with Gasteiger partial charge in [0, 0.05) is 32.4 Å². The molecule has 6 heteroatoms. The van der Waals surface area contributed by atoms with E-state index in [1.54, 1.807) is 0 Å². The molecule has 0 amide bonds. The Kier molecular flexibility index (Phi) is 5.96. The molecule has 0 atom stereocenters. The third kappa shape index (κ3) is 3.73. The fourth-order valence-electron chi connectivity index (χ4n) is 2.52. The molecule has 0 aromatic carbocycles. The molecule has 2 aromatic rings. The van der Waals surface area contributed by atoms with E-state index in [1.165, 1.54) is 6.33 Å². The van der Waals surface area contributed by atoms with Crippen molar-refractivity contribution in [3.8, 4) is 0 Å². The molecule has 0 radical (unpaired) electrons. The Balaban J connectivity index is 0.000000774. The number of hydrogen-bond donors (Lipinski definition) is 0. The summed E-state index contributed by atoms with van der Waals surface area (Å²) in [6, 6.07) is 0. The molecule has 0 N–H and O–H groups in total. The molecule has 3 heterocycles. The van der Waals surface area contributed by atoms with E-state index in [0.29, 0.717) is 5.15 Å². The maximum Gasteiger partial charge on any atom is 0.145 e. The average Bonchev–Trinajstić information content (AvgIpc) is 2.86. The van der Waals surface area contributed by atoms with E-state index in [2.05, 4.69) is 25.6 Å². The standard InChI is InChI=1S/C13H17ClN4O.C2H6/c1-10-8-18(3-2-17-4-6-19-7-5-17)13-11(10)12(14)15-9-16-13;1-2/h8-9H,2-7H2,1H3;1-2H3. The number of aryl methyl sites for hydroxylation is 1. The van der Waals surface area contributed by atoms with Gasteiger partial charge in [0.2, 0.25) is 0 Å². The summed E-state index contributed by atoms with van der Waals surface area (Å²) in [5.74, 6) is 0. The third-order valence-electron chi connectivity index (χ3n) is 3.56. The van der Waals surface area contributed by atoms with E-state index in [0.717, 1.165) is 56.0 Å². The van der Waals surface area contributed by atoms with Crippen molar-refractivity contribution in [2.45, 2.75) is 27.3 Å². The molecular formula is C15H23ClN4O. The van der Waals surface area contributed by atoms with Crippen LogP contribution in [0.15, 0.2) is 12.5 Å². The van der Waals surface area contributed by atoms with Gasteiger partial charge < -0.3 is 9.30 Å². The molecule has 0 bridgehead atoms. The van der Waals surface area contributed by atoms with Gasteiger partial charge in [-0.05, 0) is 12.5 Å². The van der Waals surface area contributed by atoms with Crippen LogP contribution in [0.2, 0.25) is 5.15 Å². The monoisotopic (exact) mass is 310 g/mol. The minimum Gasteiger partial charge on any atom is -0.379 e. The minimum absolute atomic E-state index is 0.535. The summed E-state index contributed by atoms with van der Waals surface area (Å²) in [5, 5.41) is 1.50. The third-order valence-corrected chi connectivity index (χ3v) is 3.84. The Hall–Kier alpha value is -1.17. The van der Waals surface area contributed by atoms with Crippen molar-refractivity contribution in [3.05, 3.63) is 23.2 Å². The second-order valence-electron chi connectivity index (χ2n) is 4.82. The number of ether oxygens (including phenoxy) is 1. The number of halogens is 1. The first kappa shape index (κ1) is 16.2. The topological polar surface area (TPSA) is 43.2 Å². The molecule has 0 spiro atoms. The maximum absolute atomic E-state index is 6.13. The highest BCUT2D eigenvalue weighted by molar-refractivity contribution is 6.34. The zero-order chi connectivity index (χ0) is 15.2. The van der Waals surface area contributed by atoms with Crippen LogP contribution in [0.1, 0.15) is 19.4 Å². The molecule has 1 fully saturated rings. The summed E-state index contributed by atoms with van der Waals surface area (Å²) in [6.45, 7) is 11.6. The number of rotatable bonds is 3. The molecule has 1 saturated heterocycles. The van der Waals surface area contributed by atoms with E-state index in [4.69, 9.17) is 16.3 Å². The molecule has 2 aromatic heterocycles. The lowest BCUT2D eigenvalue weighted by atomic mass is 10.3. The summed E-state index contributed by atoms with van der Waals surface area (Å²) in [4.78, 5) is 10.8. The van der Waals surface area contributed by atoms with E-state index < -0.39 is 0 Å². The Morgan fingerprint density at radius 3 is 2.62 bits per heavy atom. The summed E-state index contributed by atoms with van der Waals surface area (Å²) in [5.41, 5.74) is 2.05. The van der Waals surface area contributed by atoms with Crippen LogP contribution in [0, 0.1) is 6.92 Å². The Labute approximate surface area is 130 Å². The molecular weight excluding hydrogens is 288 g/mol. The van der Waals surface area contributed by atoms with E-state index in [-0.39, 0.29) is 0 Å². The average molecular weight is 311 g/mol. The van der Waals surface area contributed by atoms with Crippen molar-refractivity contribution < 1.29 is 4.74 Å². The molecule has 5 nitrogen and oxygen atoms in total. The van der Waals surface area contributed by atoms with Crippen molar-refractivity contribution in [1.29, 1.82) is 0 Å². The number of hydrogen-bond acceptors (Lipinski definition) is 4. The van der Waals surface area contributed by atoms with Gasteiger partial charge in [0.05, 0.1) is 18.6 Å². The molecule has 21 heavy (non-hydrogen) atoms. The van der Waals surface area contributed by atoms with Crippen molar-refractivity contribution in [1.82, 2.24) is 19.4 Å². The lowest BCUT2D eigenvalue weighted by Gasteiger charge is -2.26. The summed E-state index contributed by atoms with van der Waals surface area (Å²) < 4.78 is 7.52. The lowest BCUT2D eigenvalue weighted by molar-refractivity contribution is 0.0365. The molecule has 0 aliphatic carbocycles. The van der Waals surface area contributed by atoms with Gasteiger partial charge in [-0.25, -0.2) is 9.97 Å². The highest BCUT2D eigenvalue weighted by atomic mass is 35.5. The molecule has 3 rings (SSSR count). The molecule has 1 aliphatic heterocycles. The van der Waals surface area contributed by atoms with Crippen LogP contribution in [0.5, 0.6) is 0 Å². The quantitative estimate of drug-likeness (QED) is 0.818. The zero-order valence-corrected chi connectivity index (χ0v) is 13.7. The molecule has 0 unspecified atom stereocenters. The predicted molar refractivity (Wildman–Crippen MR) is 85.9 cm³/mol. The van der Waals surface area contributed by atoms with Crippen LogP contribution in [0.25, 0.3) is 11.0 Å². The van der Waals surface area contributed by atoms with E-state index in [1.807, 2.05) is 20.8 Å². The SMILES string of the molecule is CC.Cc1cn(CCN2CCOCC2)c2ncnc(Cl)c12. The summed E-state index contributed by atoms with van der Waals surface area (Å²) in [6.07, 6.45) is 3.63. The van der Waals surface area contributed by atoms with Gasteiger partial charge in [0.1, 0.15) is 17.1 Å². The lowest BCUT2D eigenvalue weighted by Crippen LogP contribution is -2.38. The summed E-state index contributed by atoms with van der Waals surface area (Å²) in [7, 11) is 0. The number of fused-ring (bicyclic) bond motifs is 1. The van der Waals surface area contributed by atoms with Gasteiger partial charge in [-0.2, -0.15) is 0 Å². The first-order valence-electron chi connectivity index (χ1n) is 7.52. The fourth-order valence-corrected chi connectivity index (χ4v) is 2.79. The van der Waals surface area contributed by atoms with E-state index in [9.17, 15) is 0 Å². The van der Waals surface area contributed by atoms with Gasteiger partial charge in [0.15, 0.2) is 0 Å². The second-order valence-corrected chi connectivity index (χ2v) is 5.18. The summed E-state index contributed by atoms with van der Waals surface area (Å²) >= 11 is 6.13. The van der Waals surface area contributed by atoms with Gasteiger partial charge in [-0.3, -0.25) is 4.90 Å². The first-order valence-corrected chi connectivity index (χ1v) is 7.89. The number of morpholine rings is 1. The van der Waals surface area contributed by atoms with Crippen LogP contribution >= 0.6 is 11.6 Å². The Bertz CT molecular complexity index is 578. The second kappa shape index (κ2) is 7.73. The fraction of sp³-hybridized carbons (Fsp3) is 0.600. The van der Waals surface area contributed by atoms with Crippen LogP contribution in [0.4, 0.5) is 0 Å². The molecule has 1 aliphatic rings. The van der Waals surface area contributed by atoms with Crippen molar-refractivity contribution in [2.75, 3.05) is 32.8 Å². The first-order chi connectivity index (χ1) is 10.3. The molecule has 0 saturated carbocycles. The van der Waals surface area contributed by atoms with Crippen molar-refractivity contribution in [2.24, 2.45) is 0 Å². The highest BCUT2D eigenvalue weighted by Gasteiger charge is 2.13. The van der Waals surface area contributed by atoms with Crippen LogP contribution in [-0.4, -0.2) is 52.3 Å². The highest BCUT2D eigenvalue weighted by Crippen LogP contribution is 2.24. The van der Waals surface area contributed by atoms with Gasteiger partial charge in [-0.1, -0.05) is 25.4 Å². The van der Waals surface area contributed by atoms with Crippen LogP contribution < -0.4 is 0 Å². The van der Waals surface area contributed by atoms with Crippen LogP contribution in [-0.2, 0) is 11.3 Å².